The zero-order chi connectivity index (χ0) is 37.1. The van der Waals surface area contributed by atoms with Crippen LogP contribution in [-0.2, 0) is 29.8 Å². The number of hydrogen-bond donors (Lipinski definition) is 3. The van der Waals surface area contributed by atoms with E-state index in [0.717, 1.165) is 44.1 Å². The molecular formula is C37H46FN6O7P. The number of hydrogen-bond acceptors (Lipinski definition) is 11. The van der Waals surface area contributed by atoms with Gasteiger partial charge in [0.2, 0.25) is 0 Å². The zero-order valence-corrected chi connectivity index (χ0v) is 30.3. The van der Waals surface area contributed by atoms with Crippen molar-refractivity contribution in [3.63, 3.8) is 0 Å². The number of unbranched alkanes of at least 4 members (excludes halogenated alkanes) is 2. The highest BCUT2D eigenvalue weighted by molar-refractivity contribution is 7.52. The SMILES string of the molecule is C#C[C@]1(CO[P@@](=O)(N[C@@H](Cc2ccccc2)C(=O)OCC(CCCC)CCCC)Oc2ccccc2)O[C@@H](n2cnc3c(N)nc(F)nc32)C[C@@H]1O. The zero-order valence-electron chi connectivity index (χ0n) is 29.4. The number of halogens is 1. The molecule has 5 atom stereocenters. The minimum Gasteiger partial charge on any atom is -0.464 e. The number of aliphatic hydroxyl groups excluding tert-OH is 1. The Morgan fingerprint density at radius 3 is 2.48 bits per heavy atom. The third-order valence-corrected chi connectivity index (χ3v) is 10.5. The summed E-state index contributed by atoms with van der Waals surface area (Å²) in [5.41, 5.74) is 4.92. The van der Waals surface area contributed by atoms with E-state index in [9.17, 15) is 18.9 Å². The van der Waals surface area contributed by atoms with E-state index < -0.39 is 50.4 Å². The molecule has 15 heteroatoms. The molecule has 0 amide bonds. The molecular weight excluding hydrogens is 690 g/mol. The largest absolute Gasteiger partial charge is 0.464 e. The van der Waals surface area contributed by atoms with Crippen LogP contribution in [0.4, 0.5) is 10.2 Å². The summed E-state index contributed by atoms with van der Waals surface area (Å²) in [6, 6.07) is 16.4. The van der Waals surface area contributed by atoms with Crippen molar-refractivity contribution in [2.24, 2.45) is 5.92 Å². The van der Waals surface area contributed by atoms with Crippen LogP contribution in [0.25, 0.3) is 11.2 Å². The molecule has 5 rings (SSSR count). The summed E-state index contributed by atoms with van der Waals surface area (Å²) in [6.07, 6.45) is 9.86. The van der Waals surface area contributed by atoms with Crippen LogP contribution in [-0.4, -0.2) is 61.6 Å². The van der Waals surface area contributed by atoms with Crippen molar-refractivity contribution in [3.05, 3.63) is 78.6 Å². The summed E-state index contributed by atoms with van der Waals surface area (Å²) in [5.74, 6) is 2.05. The molecule has 0 bridgehead atoms. The molecule has 0 saturated carbocycles. The van der Waals surface area contributed by atoms with E-state index in [2.05, 4.69) is 39.8 Å². The van der Waals surface area contributed by atoms with E-state index >= 15 is 0 Å². The first-order valence-corrected chi connectivity index (χ1v) is 19.1. The standard InChI is InChI=1S/C37H46FN6O7P/c1-4-7-15-27(16-8-5-2)23-48-35(46)29(21-26-17-11-9-12-18-26)43-52(47,51-28-19-13-10-14-20-28)49-24-37(6-3)30(45)22-31(50-37)44-25-40-32-33(39)41-36(38)42-34(32)44/h3,9-14,17-20,25,27,29-31,45H,4-5,7-8,15-16,21-24H2,1-2H3,(H,43,47)(H2,39,41,42)/t29-,30-,31+,37+,52-/m0/s1. The van der Waals surface area contributed by atoms with Crippen LogP contribution < -0.4 is 15.3 Å². The molecule has 0 spiro atoms. The fourth-order valence-corrected chi connectivity index (χ4v) is 7.57. The summed E-state index contributed by atoms with van der Waals surface area (Å²) < 4.78 is 54.2. The number of nitrogens with two attached hydrogens (primary N) is 1. The summed E-state index contributed by atoms with van der Waals surface area (Å²) >= 11 is 0. The number of ether oxygens (including phenoxy) is 2. The molecule has 1 fully saturated rings. The molecule has 0 aliphatic carbocycles. The first-order valence-electron chi connectivity index (χ1n) is 17.5. The van der Waals surface area contributed by atoms with Crippen LogP contribution in [0.2, 0.25) is 0 Å². The molecule has 1 aliphatic rings. The molecule has 278 valence electrons. The van der Waals surface area contributed by atoms with E-state index in [4.69, 9.17) is 30.7 Å². The average Bonchev–Trinajstić information content (AvgIpc) is 3.71. The predicted octanol–water partition coefficient (Wildman–Crippen LogP) is 6.14. The monoisotopic (exact) mass is 736 g/mol. The van der Waals surface area contributed by atoms with Gasteiger partial charge in [0.1, 0.15) is 30.7 Å². The second-order valence-corrected chi connectivity index (χ2v) is 14.6. The number of imidazole rings is 1. The summed E-state index contributed by atoms with van der Waals surface area (Å²) in [5, 5.41) is 14.1. The van der Waals surface area contributed by atoms with Crippen molar-refractivity contribution in [3.8, 4) is 18.1 Å². The van der Waals surface area contributed by atoms with E-state index in [-0.39, 0.29) is 48.1 Å². The summed E-state index contributed by atoms with van der Waals surface area (Å²) in [4.78, 5) is 25.3. The number of benzene rings is 2. The lowest BCUT2D eigenvalue weighted by Gasteiger charge is -2.30. The molecule has 4 aromatic rings. The normalized spacial score (nSPS) is 20.4. The van der Waals surface area contributed by atoms with Gasteiger partial charge in [-0.2, -0.15) is 19.4 Å². The minimum absolute atomic E-state index is 0.0320. The fourth-order valence-electron chi connectivity index (χ4n) is 6.06. The first kappa shape index (κ1) is 38.8. The second kappa shape index (κ2) is 17.9. The van der Waals surface area contributed by atoms with Crippen LogP contribution in [0.5, 0.6) is 5.75 Å². The Bertz CT molecular complexity index is 1850. The number of terminal acetylenes is 1. The van der Waals surface area contributed by atoms with E-state index in [1.165, 1.54) is 10.9 Å². The number of nitrogens with zero attached hydrogens (tertiary/aromatic N) is 4. The molecule has 2 aromatic heterocycles. The van der Waals surface area contributed by atoms with Gasteiger partial charge in [-0.15, -0.1) is 6.42 Å². The van der Waals surface area contributed by atoms with Gasteiger partial charge in [0.05, 0.1) is 12.9 Å². The van der Waals surface area contributed by atoms with Gasteiger partial charge in [0.25, 0.3) is 0 Å². The number of nitrogens with one attached hydrogen (secondary N) is 1. The number of anilines is 1. The number of carbonyl (C=O) groups is 1. The third-order valence-electron chi connectivity index (χ3n) is 8.98. The highest BCUT2D eigenvalue weighted by Crippen LogP contribution is 2.48. The Hall–Kier alpha value is -4.38. The highest BCUT2D eigenvalue weighted by atomic mass is 31.2. The summed E-state index contributed by atoms with van der Waals surface area (Å²) in [7, 11) is -4.48. The van der Waals surface area contributed by atoms with E-state index in [1.807, 2.05) is 30.3 Å². The number of aromatic nitrogens is 4. The van der Waals surface area contributed by atoms with Gasteiger partial charge < -0.3 is 24.8 Å². The quantitative estimate of drug-likeness (QED) is 0.0435. The van der Waals surface area contributed by atoms with Crippen molar-refractivity contribution in [1.82, 2.24) is 24.6 Å². The van der Waals surface area contributed by atoms with Gasteiger partial charge in [-0.3, -0.25) is 13.9 Å². The molecule has 0 unspecified atom stereocenters. The lowest BCUT2D eigenvalue weighted by molar-refractivity contribution is -0.147. The molecule has 4 N–H and O–H groups in total. The number of para-hydroxylation sites is 1. The van der Waals surface area contributed by atoms with Gasteiger partial charge in [-0.25, -0.2) is 9.55 Å². The number of nitrogen functional groups attached to an aromatic ring is 1. The van der Waals surface area contributed by atoms with Gasteiger partial charge in [0.15, 0.2) is 22.6 Å². The Morgan fingerprint density at radius 2 is 1.83 bits per heavy atom. The molecule has 52 heavy (non-hydrogen) atoms. The van der Waals surface area contributed by atoms with Crippen molar-refractivity contribution in [1.29, 1.82) is 0 Å². The average molecular weight is 737 g/mol. The number of esters is 1. The van der Waals surface area contributed by atoms with Crippen LogP contribution in [0.3, 0.4) is 0 Å². The number of carbonyl (C=O) groups excluding carboxylic acids is 1. The van der Waals surface area contributed by atoms with Crippen molar-refractivity contribution >= 4 is 30.7 Å². The molecule has 13 nitrogen and oxygen atoms in total. The fraction of sp³-hybridized carbons (Fsp3) is 0.459. The number of aliphatic hydroxyl groups is 1. The Morgan fingerprint density at radius 1 is 1.15 bits per heavy atom. The number of fused-ring (bicyclic) bond motifs is 1. The van der Waals surface area contributed by atoms with E-state index in [1.54, 1.807) is 30.3 Å². The molecule has 3 heterocycles. The molecule has 0 radical (unpaired) electrons. The van der Waals surface area contributed by atoms with Gasteiger partial charge >= 0.3 is 19.8 Å². The lowest BCUT2D eigenvalue weighted by atomic mass is 9.97. The maximum atomic E-state index is 14.7. The highest BCUT2D eigenvalue weighted by Gasteiger charge is 2.50. The van der Waals surface area contributed by atoms with Gasteiger partial charge in [-0.05, 0) is 42.9 Å². The maximum absolute atomic E-state index is 14.7. The third kappa shape index (κ3) is 9.73. The van der Waals surface area contributed by atoms with Gasteiger partial charge in [-0.1, -0.05) is 94.0 Å². The summed E-state index contributed by atoms with van der Waals surface area (Å²) in [6.45, 7) is 3.85. The minimum atomic E-state index is -4.48. The lowest BCUT2D eigenvalue weighted by Crippen LogP contribution is -2.44. The number of rotatable bonds is 19. The Labute approximate surface area is 303 Å². The second-order valence-electron chi connectivity index (χ2n) is 12.9. The van der Waals surface area contributed by atoms with Gasteiger partial charge in [0, 0.05) is 6.42 Å². The van der Waals surface area contributed by atoms with Crippen molar-refractivity contribution in [2.45, 2.75) is 89.2 Å². The predicted molar refractivity (Wildman–Crippen MR) is 193 cm³/mol. The van der Waals surface area contributed by atoms with Crippen LogP contribution in [0.1, 0.15) is 70.6 Å². The van der Waals surface area contributed by atoms with Crippen LogP contribution in [0.15, 0.2) is 67.0 Å². The Kier molecular flexibility index (Phi) is 13.4. The molecule has 1 aliphatic heterocycles. The molecule has 1 saturated heterocycles. The van der Waals surface area contributed by atoms with Crippen LogP contribution in [0, 0.1) is 24.3 Å². The topological polar surface area (TPSA) is 173 Å². The smallest absolute Gasteiger partial charge is 0.459 e. The van der Waals surface area contributed by atoms with E-state index in [0.29, 0.717) is 0 Å². The molecule has 2 aromatic carbocycles. The maximum Gasteiger partial charge on any atom is 0.459 e. The Balaban J connectivity index is 1.39. The first-order chi connectivity index (χ1) is 25.1. The van der Waals surface area contributed by atoms with Crippen molar-refractivity contribution < 1.29 is 37.4 Å². The van der Waals surface area contributed by atoms with Crippen LogP contribution >= 0.6 is 7.75 Å². The van der Waals surface area contributed by atoms with Crippen molar-refractivity contribution in [2.75, 3.05) is 18.9 Å².